The van der Waals surface area contributed by atoms with E-state index in [0.717, 1.165) is 4.90 Å². The molecule has 8 nitrogen and oxygen atoms in total. The number of ether oxygens (including phenoxy) is 1. The quantitative estimate of drug-likeness (QED) is 0.423. The molecule has 2 N–H and O–H groups in total. The smallest absolute Gasteiger partial charge is 0.327 e. The fourth-order valence-corrected chi connectivity index (χ4v) is 2.54. The molecule has 0 aromatic heterocycles. The number of benzene rings is 1. The van der Waals surface area contributed by atoms with Crippen molar-refractivity contribution in [1.29, 1.82) is 0 Å². The molecule has 4 amide bonds. The van der Waals surface area contributed by atoms with Crippen LogP contribution < -0.4 is 10.6 Å². The van der Waals surface area contributed by atoms with Gasteiger partial charge >= 0.3 is 12.0 Å². The van der Waals surface area contributed by atoms with Crippen LogP contribution in [0.5, 0.6) is 0 Å². The van der Waals surface area contributed by atoms with E-state index in [1.165, 1.54) is 13.0 Å². The van der Waals surface area contributed by atoms with Gasteiger partial charge in [0.05, 0.1) is 0 Å². The molecule has 0 unspecified atom stereocenters. The Morgan fingerprint density at radius 2 is 2.00 bits per heavy atom. The van der Waals surface area contributed by atoms with E-state index in [4.69, 9.17) is 4.74 Å². The molecule has 1 saturated heterocycles. The molecule has 2 rings (SSSR count). The maximum atomic E-state index is 12.7. The zero-order valence-corrected chi connectivity index (χ0v) is 14.7. The number of nitrogens with zero attached hydrogens (tertiary/aromatic N) is 1. The SMILES string of the molecule is C=CCNC(=O)[C@@H](C)OC(=O)CN1C(=O)N[C@@](C)(c2ccccc2)C1=O. The second kappa shape index (κ2) is 7.81. The van der Waals surface area contributed by atoms with Crippen LogP contribution in [0.2, 0.25) is 0 Å². The van der Waals surface area contributed by atoms with Gasteiger partial charge in [-0.15, -0.1) is 6.58 Å². The number of carbonyl (C=O) groups is 4. The number of amides is 4. The summed E-state index contributed by atoms with van der Waals surface area (Å²) in [5.41, 5.74) is -0.655. The molecule has 0 radical (unpaired) electrons. The maximum Gasteiger partial charge on any atom is 0.327 e. The summed E-state index contributed by atoms with van der Waals surface area (Å²) < 4.78 is 4.98. The molecule has 1 aromatic rings. The molecule has 26 heavy (non-hydrogen) atoms. The Hall–Kier alpha value is -3.16. The summed E-state index contributed by atoms with van der Waals surface area (Å²) in [6.07, 6.45) is 0.438. The molecule has 0 bridgehead atoms. The monoisotopic (exact) mass is 359 g/mol. The van der Waals surface area contributed by atoms with Crippen LogP contribution in [-0.2, 0) is 24.7 Å². The van der Waals surface area contributed by atoms with E-state index in [9.17, 15) is 19.2 Å². The highest BCUT2D eigenvalue weighted by molar-refractivity contribution is 6.08. The maximum absolute atomic E-state index is 12.7. The number of carbonyl (C=O) groups excluding carboxylic acids is 4. The van der Waals surface area contributed by atoms with Gasteiger partial charge in [0, 0.05) is 6.54 Å². The van der Waals surface area contributed by atoms with Gasteiger partial charge in [0.2, 0.25) is 0 Å². The molecule has 1 aromatic carbocycles. The average molecular weight is 359 g/mol. The van der Waals surface area contributed by atoms with Crippen LogP contribution in [0.4, 0.5) is 4.79 Å². The first-order valence-electron chi connectivity index (χ1n) is 8.07. The van der Waals surface area contributed by atoms with Gasteiger partial charge in [0.15, 0.2) is 6.10 Å². The Morgan fingerprint density at radius 3 is 2.62 bits per heavy atom. The van der Waals surface area contributed by atoms with Crippen molar-refractivity contribution in [2.45, 2.75) is 25.5 Å². The Bertz CT molecular complexity index is 734. The number of nitrogens with one attached hydrogen (secondary N) is 2. The molecule has 0 spiro atoms. The van der Waals surface area contributed by atoms with Crippen LogP contribution in [0.15, 0.2) is 43.0 Å². The largest absolute Gasteiger partial charge is 0.451 e. The van der Waals surface area contributed by atoms with Gasteiger partial charge < -0.3 is 15.4 Å². The van der Waals surface area contributed by atoms with Crippen molar-refractivity contribution in [2.75, 3.05) is 13.1 Å². The number of rotatable bonds is 7. The van der Waals surface area contributed by atoms with Gasteiger partial charge in [-0.25, -0.2) is 4.79 Å². The molecule has 8 heteroatoms. The highest BCUT2D eigenvalue weighted by Gasteiger charge is 2.49. The molecule has 1 heterocycles. The Kier molecular flexibility index (Phi) is 5.76. The van der Waals surface area contributed by atoms with Gasteiger partial charge in [-0.1, -0.05) is 36.4 Å². The van der Waals surface area contributed by atoms with E-state index in [0.29, 0.717) is 5.56 Å². The zero-order chi connectivity index (χ0) is 19.3. The molecule has 1 aliphatic heterocycles. The lowest BCUT2D eigenvalue weighted by molar-refractivity contribution is -0.156. The molecule has 1 fully saturated rings. The normalized spacial score (nSPS) is 20.3. The summed E-state index contributed by atoms with van der Waals surface area (Å²) in [4.78, 5) is 49.4. The minimum Gasteiger partial charge on any atom is -0.451 e. The lowest BCUT2D eigenvalue weighted by Gasteiger charge is -2.22. The van der Waals surface area contributed by atoms with Gasteiger partial charge in [0.25, 0.3) is 11.8 Å². The van der Waals surface area contributed by atoms with Gasteiger partial charge in [-0.2, -0.15) is 0 Å². The van der Waals surface area contributed by atoms with Gasteiger partial charge in [-0.05, 0) is 19.4 Å². The third kappa shape index (κ3) is 3.90. The van der Waals surface area contributed by atoms with E-state index in [1.807, 2.05) is 0 Å². The predicted molar refractivity (Wildman–Crippen MR) is 92.8 cm³/mol. The minimum absolute atomic E-state index is 0.239. The second-order valence-electron chi connectivity index (χ2n) is 5.98. The first-order chi connectivity index (χ1) is 12.3. The summed E-state index contributed by atoms with van der Waals surface area (Å²) in [5.74, 6) is -1.91. The third-order valence-corrected chi connectivity index (χ3v) is 4.01. The highest BCUT2D eigenvalue weighted by atomic mass is 16.5. The van der Waals surface area contributed by atoms with E-state index in [-0.39, 0.29) is 6.54 Å². The van der Waals surface area contributed by atoms with Crippen LogP contribution in [0.3, 0.4) is 0 Å². The number of hydrogen-bond acceptors (Lipinski definition) is 5. The van der Waals surface area contributed by atoms with E-state index < -0.39 is 42.0 Å². The fraction of sp³-hybridized carbons (Fsp3) is 0.333. The van der Waals surface area contributed by atoms with Crippen molar-refractivity contribution >= 4 is 23.8 Å². The predicted octanol–water partition coefficient (Wildman–Crippen LogP) is 0.687. The lowest BCUT2D eigenvalue weighted by atomic mass is 9.92. The molecule has 138 valence electrons. The summed E-state index contributed by atoms with van der Waals surface area (Å²) >= 11 is 0. The van der Waals surface area contributed by atoms with Crippen molar-refractivity contribution < 1.29 is 23.9 Å². The van der Waals surface area contributed by atoms with Crippen molar-refractivity contribution in [1.82, 2.24) is 15.5 Å². The second-order valence-corrected chi connectivity index (χ2v) is 5.98. The van der Waals surface area contributed by atoms with Crippen LogP contribution in [0, 0.1) is 0 Å². The van der Waals surface area contributed by atoms with E-state index in [2.05, 4.69) is 17.2 Å². The first-order valence-corrected chi connectivity index (χ1v) is 8.07. The van der Waals surface area contributed by atoms with E-state index in [1.54, 1.807) is 37.3 Å². The standard InChI is InChI=1S/C18H21N3O5/c1-4-10-19-15(23)12(2)26-14(22)11-21-16(24)18(3,20-17(21)25)13-8-6-5-7-9-13/h4-9,12H,1,10-11H2,2-3H3,(H,19,23)(H,20,25)/t12-,18+/m1/s1. The molecule has 1 aliphatic rings. The van der Waals surface area contributed by atoms with Crippen molar-refractivity contribution in [3.8, 4) is 0 Å². The Morgan fingerprint density at radius 1 is 1.35 bits per heavy atom. The third-order valence-electron chi connectivity index (χ3n) is 4.01. The molecular weight excluding hydrogens is 338 g/mol. The van der Waals surface area contributed by atoms with Crippen LogP contribution in [-0.4, -0.2) is 47.9 Å². The topological polar surface area (TPSA) is 105 Å². The minimum atomic E-state index is -1.26. The summed E-state index contributed by atoms with van der Waals surface area (Å²) in [6, 6.07) is 8.03. The fourth-order valence-electron chi connectivity index (χ4n) is 2.54. The molecular formula is C18H21N3O5. The molecule has 2 atom stereocenters. The van der Waals surface area contributed by atoms with Gasteiger partial charge in [-0.3, -0.25) is 19.3 Å². The van der Waals surface area contributed by atoms with Gasteiger partial charge in [0.1, 0.15) is 12.1 Å². The van der Waals surface area contributed by atoms with Crippen molar-refractivity contribution in [3.63, 3.8) is 0 Å². The highest BCUT2D eigenvalue weighted by Crippen LogP contribution is 2.28. The summed E-state index contributed by atoms with van der Waals surface area (Å²) in [7, 11) is 0. The summed E-state index contributed by atoms with van der Waals surface area (Å²) in [5, 5.41) is 5.08. The molecule has 0 saturated carbocycles. The summed E-state index contributed by atoms with van der Waals surface area (Å²) in [6.45, 7) is 6.10. The van der Waals surface area contributed by atoms with Crippen LogP contribution in [0.1, 0.15) is 19.4 Å². The zero-order valence-electron chi connectivity index (χ0n) is 14.7. The average Bonchev–Trinajstić information content (AvgIpc) is 2.84. The number of hydrogen-bond donors (Lipinski definition) is 2. The van der Waals surface area contributed by atoms with Crippen molar-refractivity contribution in [2.24, 2.45) is 0 Å². The van der Waals surface area contributed by atoms with Crippen molar-refractivity contribution in [3.05, 3.63) is 48.6 Å². The Labute approximate surface area is 151 Å². The molecule has 0 aliphatic carbocycles. The van der Waals surface area contributed by atoms with Crippen LogP contribution >= 0.6 is 0 Å². The first kappa shape index (κ1) is 19.2. The lowest BCUT2D eigenvalue weighted by Crippen LogP contribution is -2.42. The Balaban J connectivity index is 2.02. The van der Waals surface area contributed by atoms with Crippen LogP contribution in [0.25, 0.3) is 0 Å². The van der Waals surface area contributed by atoms with E-state index >= 15 is 0 Å². The number of esters is 1. The number of imide groups is 1. The number of urea groups is 1.